The van der Waals surface area contributed by atoms with E-state index in [1.807, 2.05) is 48.5 Å². The minimum absolute atomic E-state index is 0. The third-order valence-electron chi connectivity index (χ3n) is 8.04. The summed E-state index contributed by atoms with van der Waals surface area (Å²) in [5.41, 5.74) is 7.26. The third-order valence-corrected chi connectivity index (χ3v) is 10.0. The molecule has 1 radical (unpaired) electrons. The number of para-hydroxylation sites is 1. The Hall–Kier alpha value is -3.37. The van der Waals surface area contributed by atoms with Crippen LogP contribution in [0.1, 0.15) is 43.6 Å². The van der Waals surface area contributed by atoms with Gasteiger partial charge < -0.3 is 14.4 Å². The van der Waals surface area contributed by atoms with Crippen LogP contribution in [0.3, 0.4) is 0 Å². The van der Waals surface area contributed by atoms with E-state index in [1.165, 1.54) is 48.2 Å². The summed E-state index contributed by atoms with van der Waals surface area (Å²) in [7, 11) is -1.50. The van der Waals surface area contributed by atoms with E-state index in [1.54, 1.807) is 6.20 Å². The van der Waals surface area contributed by atoms with Crippen molar-refractivity contribution in [1.82, 2.24) is 9.97 Å². The third kappa shape index (κ3) is 6.49. The quantitative estimate of drug-likeness (QED) is 0.133. The summed E-state index contributed by atoms with van der Waals surface area (Å²) in [5, 5.41) is 3.73. The van der Waals surface area contributed by atoms with Crippen molar-refractivity contribution in [3.8, 4) is 22.5 Å². The maximum Gasteiger partial charge on any atom is 0.120 e. The van der Waals surface area contributed by atoms with Gasteiger partial charge in [0, 0.05) is 37.9 Å². The van der Waals surface area contributed by atoms with E-state index in [0.717, 1.165) is 39.1 Å². The van der Waals surface area contributed by atoms with E-state index >= 15 is 0 Å². The van der Waals surface area contributed by atoms with Gasteiger partial charge >= 0.3 is 0 Å². The van der Waals surface area contributed by atoms with Gasteiger partial charge in [-0.1, -0.05) is 92.3 Å². The molecule has 1 aliphatic carbocycles. The van der Waals surface area contributed by atoms with Gasteiger partial charge in [-0.15, -0.1) is 54.1 Å². The summed E-state index contributed by atoms with van der Waals surface area (Å²) < 4.78 is 6.51. The van der Waals surface area contributed by atoms with Gasteiger partial charge in [-0.05, 0) is 47.0 Å². The fourth-order valence-electron chi connectivity index (χ4n) is 5.85. The predicted molar refractivity (Wildman–Crippen MR) is 173 cm³/mol. The van der Waals surface area contributed by atoms with Gasteiger partial charge in [0.05, 0.1) is 13.7 Å². The molecule has 3 aromatic carbocycles. The molecule has 3 aromatic heterocycles. The van der Waals surface area contributed by atoms with Crippen molar-refractivity contribution >= 4 is 35.2 Å². The summed E-state index contributed by atoms with van der Waals surface area (Å²) in [5.74, 6) is 0.676. The topological polar surface area (TPSA) is 38.9 Å². The summed E-state index contributed by atoms with van der Waals surface area (Å²) in [6, 6.07) is 35.3. The minimum atomic E-state index is -1.50. The van der Waals surface area contributed by atoms with Gasteiger partial charge in [-0.25, -0.2) is 0 Å². The number of pyridine rings is 2. The maximum absolute atomic E-state index is 6.51. The second-order valence-electron chi connectivity index (χ2n) is 11.9. The van der Waals surface area contributed by atoms with E-state index < -0.39 is 8.07 Å². The van der Waals surface area contributed by atoms with Gasteiger partial charge in [0.2, 0.25) is 0 Å². The zero-order chi connectivity index (χ0) is 28.2. The van der Waals surface area contributed by atoms with Crippen LogP contribution in [0, 0.1) is 12.1 Å². The maximum atomic E-state index is 6.51. The van der Waals surface area contributed by atoms with E-state index in [9.17, 15) is 0 Å². The SMILES string of the molecule is C[Si](C)(C)c1cccc2c1oc1c(-c3ccc(C4CCCCC4)cn3)[c-]ccc12.[Ir].[c-]1ccccc1-c1ccccn1. The minimum Gasteiger partial charge on any atom is -0.501 e. The van der Waals surface area contributed by atoms with Crippen molar-refractivity contribution in [3.05, 3.63) is 115 Å². The molecule has 3 heterocycles. The van der Waals surface area contributed by atoms with Crippen molar-refractivity contribution in [3.63, 3.8) is 0 Å². The molecule has 1 fully saturated rings. The van der Waals surface area contributed by atoms with Gasteiger partial charge in [-0.2, -0.15) is 0 Å². The zero-order valence-electron chi connectivity index (χ0n) is 24.5. The van der Waals surface area contributed by atoms with Crippen molar-refractivity contribution in [2.24, 2.45) is 0 Å². The first kappa shape index (κ1) is 30.1. The molecular weight excluding hydrogens is 709 g/mol. The average Bonchev–Trinajstić information content (AvgIpc) is 3.41. The van der Waals surface area contributed by atoms with Crippen LogP contribution < -0.4 is 5.19 Å². The molecule has 0 atom stereocenters. The Kier molecular flexibility index (Phi) is 9.52. The number of hydrogen-bond acceptors (Lipinski definition) is 3. The number of rotatable bonds is 4. The van der Waals surface area contributed by atoms with Gasteiger partial charge in [-0.3, -0.25) is 0 Å². The van der Waals surface area contributed by atoms with E-state index in [2.05, 4.69) is 79.4 Å². The van der Waals surface area contributed by atoms with Gasteiger partial charge in [0.25, 0.3) is 0 Å². The fraction of sp³-hybridized carbons (Fsp3) is 0.243. The first-order valence-electron chi connectivity index (χ1n) is 14.7. The van der Waals surface area contributed by atoms with Crippen molar-refractivity contribution in [2.45, 2.75) is 57.7 Å². The largest absolute Gasteiger partial charge is 0.501 e. The fourth-order valence-corrected chi connectivity index (χ4v) is 7.31. The molecule has 1 saturated carbocycles. The summed E-state index contributed by atoms with van der Waals surface area (Å²) in [6.07, 6.45) is 10.5. The number of hydrogen-bond donors (Lipinski definition) is 0. The second-order valence-corrected chi connectivity index (χ2v) is 17.0. The van der Waals surface area contributed by atoms with E-state index in [4.69, 9.17) is 9.40 Å². The van der Waals surface area contributed by atoms with Crippen molar-refractivity contribution in [2.75, 3.05) is 0 Å². The molecule has 6 aromatic rings. The Labute approximate surface area is 263 Å². The van der Waals surface area contributed by atoms with Crippen LogP contribution >= 0.6 is 0 Å². The van der Waals surface area contributed by atoms with Crippen LogP contribution in [0.15, 0.2) is 102 Å². The van der Waals surface area contributed by atoms with Crippen LogP contribution in [-0.4, -0.2) is 18.0 Å². The number of fused-ring (bicyclic) bond motifs is 3. The molecule has 215 valence electrons. The molecule has 0 unspecified atom stereocenters. The molecule has 7 rings (SSSR count). The Morgan fingerprint density at radius 2 is 1.52 bits per heavy atom. The molecule has 0 amide bonds. The summed E-state index contributed by atoms with van der Waals surface area (Å²) in [4.78, 5) is 9.05. The van der Waals surface area contributed by atoms with Crippen LogP contribution in [-0.2, 0) is 20.1 Å². The molecule has 0 saturated heterocycles. The molecule has 0 spiro atoms. The summed E-state index contributed by atoms with van der Waals surface area (Å²) >= 11 is 0. The molecule has 0 N–H and O–H groups in total. The first-order valence-corrected chi connectivity index (χ1v) is 18.2. The number of benzene rings is 3. The Bertz CT molecular complexity index is 1700. The van der Waals surface area contributed by atoms with Crippen LogP contribution in [0.25, 0.3) is 44.5 Å². The molecule has 0 bridgehead atoms. The number of aromatic nitrogens is 2. The Morgan fingerprint density at radius 3 is 2.21 bits per heavy atom. The van der Waals surface area contributed by atoms with E-state index in [-0.39, 0.29) is 20.1 Å². The predicted octanol–water partition coefficient (Wildman–Crippen LogP) is 9.59. The standard InChI is InChI=1S/C26H28NOSi.C11H8N.Ir/c1-29(2,3)24-14-8-12-21-20-11-7-13-22(25(20)28-26(21)24)23-16-15-19(17-27-23)18-9-5-4-6-10-18;1-2-6-10(7-3-1)11-8-4-5-9-12-11;/h7-8,11-12,14-18H,4-6,9-10H2,1-3H3;1-6,8-9H;/q2*-1;. The smallest absolute Gasteiger partial charge is 0.120 e. The molecule has 3 nitrogen and oxygen atoms in total. The molecule has 5 heteroatoms. The summed E-state index contributed by atoms with van der Waals surface area (Å²) in [6.45, 7) is 7.11. The zero-order valence-corrected chi connectivity index (χ0v) is 27.9. The normalized spacial score (nSPS) is 13.8. The molecule has 1 aliphatic rings. The van der Waals surface area contributed by atoms with E-state index in [0.29, 0.717) is 5.92 Å². The first-order chi connectivity index (χ1) is 20.0. The van der Waals surface area contributed by atoms with Gasteiger partial charge in [0.1, 0.15) is 5.58 Å². The Balaban J connectivity index is 0.000000228. The number of nitrogens with zero attached hydrogens (tertiary/aromatic N) is 2. The van der Waals surface area contributed by atoms with Crippen LogP contribution in [0.5, 0.6) is 0 Å². The van der Waals surface area contributed by atoms with Crippen LogP contribution in [0.2, 0.25) is 19.6 Å². The molecule has 0 aliphatic heterocycles. The number of furan rings is 1. The second kappa shape index (κ2) is 13.3. The molecule has 42 heavy (non-hydrogen) atoms. The monoisotopic (exact) mass is 745 g/mol. The Morgan fingerprint density at radius 1 is 0.714 bits per heavy atom. The van der Waals surface area contributed by atoms with Gasteiger partial charge in [0.15, 0.2) is 0 Å². The van der Waals surface area contributed by atoms with Crippen molar-refractivity contribution < 1.29 is 24.5 Å². The average molecular weight is 745 g/mol. The molecular formula is C37H36IrN2OSi-2. The van der Waals surface area contributed by atoms with Crippen LogP contribution in [0.4, 0.5) is 0 Å². The van der Waals surface area contributed by atoms with Crippen molar-refractivity contribution in [1.29, 1.82) is 0 Å².